The zero-order valence-corrected chi connectivity index (χ0v) is 14.4. The lowest BCUT2D eigenvalue weighted by molar-refractivity contribution is 0.226. The number of phenolic OH excluding ortho intramolecular Hbond substituents is 1. The van der Waals surface area contributed by atoms with Gasteiger partial charge < -0.3 is 19.5 Å². The molecule has 2 aromatic rings. The lowest BCUT2D eigenvalue weighted by atomic mass is 9.97. The van der Waals surface area contributed by atoms with Crippen molar-refractivity contribution in [2.45, 2.75) is 31.2 Å². The highest BCUT2D eigenvalue weighted by atomic mass is 31.2. The van der Waals surface area contributed by atoms with Crippen molar-refractivity contribution in [3.63, 3.8) is 0 Å². The third-order valence-electron chi connectivity index (χ3n) is 4.79. The molecule has 3 N–H and O–H groups in total. The summed E-state index contributed by atoms with van der Waals surface area (Å²) in [5.74, 6) is 0.0831. The molecule has 0 amide bonds. The molecule has 1 aromatic heterocycles. The molecule has 0 unspecified atom stereocenters. The number of phenols is 1. The molecule has 0 bridgehead atoms. The maximum atomic E-state index is 11.4. The summed E-state index contributed by atoms with van der Waals surface area (Å²) >= 11 is 0. The van der Waals surface area contributed by atoms with Crippen LogP contribution in [-0.2, 0) is 17.3 Å². The fourth-order valence-electron chi connectivity index (χ4n) is 3.60. The Kier molecular flexibility index (Phi) is 4.18. The van der Waals surface area contributed by atoms with Crippen LogP contribution in [0.25, 0.3) is 15.7 Å². The Labute approximate surface area is 140 Å². The summed E-state index contributed by atoms with van der Waals surface area (Å²) in [6.45, 7) is 6.57. The molecule has 128 valence electrons. The van der Waals surface area contributed by atoms with Gasteiger partial charge in [-0.3, -0.25) is 4.57 Å². The smallest absolute Gasteiger partial charge is 0.345 e. The highest BCUT2D eigenvalue weighted by molar-refractivity contribution is 7.50. The van der Waals surface area contributed by atoms with Gasteiger partial charge in [0.05, 0.1) is 11.9 Å². The fraction of sp³-hybridized carbons (Fsp3) is 0.438. The van der Waals surface area contributed by atoms with E-state index >= 15 is 0 Å². The molecule has 8 heteroatoms. The second-order valence-corrected chi connectivity index (χ2v) is 8.03. The van der Waals surface area contributed by atoms with E-state index in [0.29, 0.717) is 17.3 Å². The summed E-state index contributed by atoms with van der Waals surface area (Å²) in [5.41, 5.74) is 0.810. The Morgan fingerprint density at radius 2 is 2.17 bits per heavy atom. The second kappa shape index (κ2) is 5.91. The Morgan fingerprint density at radius 3 is 2.75 bits per heavy atom. The summed E-state index contributed by atoms with van der Waals surface area (Å²) in [5, 5.41) is 10.9. The van der Waals surface area contributed by atoms with Crippen molar-refractivity contribution in [1.29, 1.82) is 0 Å². The van der Waals surface area contributed by atoms with Gasteiger partial charge in [0.15, 0.2) is 0 Å². The first kappa shape index (κ1) is 17.0. The number of hydrogen-bond acceptors (Lipinski definition) is 3. The van der Waals surface area contributed by atoms with E-state index in [1.165, 1.54) is 4.57 Å². The molecule has 1 saturated heterocycles. The number of hydrogen-bond donors (Lipinski definition) is 3. The highest BCUT2D eigenvalue weighted by Crippen LogP contribution is 2.42. The Balaban J connectivity index is 2.11. The van der Waals surface area contributed by atoms with Gasteiger partial charge in [-0.1, -0.05) is 10.9 Å². The van der Waals surface area contributed by atoms with Crippen LogP contribution in [-0.4, -0.2) is 43.6 Å². The van der Waals surface area contributed by atoms with Crippen molar-refractivity contribution >= 4 is 18.5 Å². The predicted molar refractivity (Wildman–Crippen MR) is 92.2 cm³/mol. The topological polar surface area (TPSA) is 90.3 Å². The van der Waals surface area contributed by atoms with E-state index < -0.39 is 19.5 Å². The van der Waals surface area contributed by atoms with Crippen LogP contribution in [0.5, 0.6) is 5.75 Å². The standard InChI is InChI=1S/C16H20N3O4P/c1-17-16(7-4-8-18(16)2)9-12-10-19(11-24(21,22)23)13-5-3-6-14(20)15(12)13/h1,3,5-6,10H,4,7-9,11H2,2H3,(H2-,20,21,22,23)/p+1/t16-/m1/s1. The number of rotatable bonds is 4. The van der Waals surface area contributed by atoms with Crippen LogP contribution in [0.15, 0.2) is 24.4 Å². The highest BCUT2D eigenvalue weighted by Gasteiger charge is 2.49. The van der Waals surface area contributed by atoms with Crippen LogP contribution in [0.2, 0.25) is 0 Å². The van der Waals surface area contributed by atoms with Gasteiger partial charge in [-0.15, -0.1) is 0 Å². The van der Waals surface area contributed by atoms with Gasteiger partial charge in [0.2, 0.25) is 0 Å². The van der Waals surface area contributed by atoms with Crippen LogP contribution in [0.1, 0.15) is 18.4 Å². The average molecular weight is 350 g/mol. The average Bonchev–Trinajstić information content (AvgIpc) is 3.01. The van der Waals surface area contributed by atoms with Crippen molar-refractivity contribution in [3.8, 4) is 12.3 Å². The molecule has 1 aliphatic heterocycles. The van der Waals surface area contributed by atoms with Crippen molar-refractivity contribution in [3.05, 3.63) is 34.8 Å². The summed E-state index contributed by atoms with van der Waals surface area (Å²) < 4.78 is 12.9. The molecule has 0 saturated carbocycles. The molecular formula is C16H21N3O4P+. The van der Waals surface area contributed by atoms with Gasteiger partial charge in [0, 0.05) is 24.5 Å². The molecule has 0 aliphatic carbocycles. The van der Waals surface area contributed by atoms with E-state index in [1.807, 2.05) is 7.05 Å². The molecule has 1 aromatic carbocycles. The van der Waals surface area contributed by atoms with Gasteiger partial charge in [0.25, 0.3) is 6.57 Å². The van der Waals surface area contributed by atoms with Gasteiger partial charge in [-0.05, 0) is 31.2 Å². The first-order valence-electron chi connectivity index (χ1n) is 7.73. The molecule has 1 atom stereocenters. The molecule has 3 rings (SSSR count). The number of likely N-dealkylation sites (tertiary alicyclic amines) is 1. The molecule has 0 radical (unpaired) electrons. The van der Waals surface area contributed by atoms with Crippen molar-refractivity contribution in [1.82, 2.24) is 9.47 Å². The molecule has 1 fully saturated rings. The molecule has 24 heavy (non-hydrogen) atoms. The SMILES string of the molecule is C#[N+][C@]1(Cc2cn(CP(=O)(O)O)c3cccc(O)c23)CCCN1C. The van der Waals surface area contributed by atoms with E-state index in [1.54, 1.807) is 24.4 Å². The second-order valence-electron chi connectivity index (χ2n) is 6.41. The fourth-order valence-corrected chi connectivity index (χ4v) is 4.23. The lowest BCUT2D eigenvalue weighted by Crippen LogP contribution is -2.40. The van der Waals surface area contributed by atoms with Crippen molar-refractivity contribution < 1.29 is 19.5 Å². The molecular weight excluding hydrogens is 329 g/mol. The number of aromatic hydroxyl groups is 1. The summed E-state index contributed by atoms with van der Waals surface area (Å²) in [6, 6.07) is 4.96. The monoisotopic (exact) mass is 350 g/mol. The van der Waals surface area contributed by atoms with E-state index in [0.717, 1.165) is 24.9 Å². The maximum Gasteiger partial charge on any atom is 0.345 e. The summed E-state index contributed by atoms with van der Waals surface area (Å²) in [4.78, 5) is 24.8. The normalized spacial score (nSPS) is 22.1. The minimum atomic E-state index is -4.24. The Morgan fingerprint density at radius 1 is 1.42 bits per heavy atom. The number of fused-ring (bicyclic) bond motifs is 1. The maximum absolute atomic E-state index is 11.4. The molecule has 1 aliphatic rings. The van der Waals surface area contributed by atoms with Crippen LogP contribution < -0.4 is 0 Å². The number of aromatic nitrogens is 1. The first-order valence-corrected chi connectivity index (χ1v) is 9.53. The number of benzene rings is 1. The zero-order chi connectivity index (χ0) is 17.5. The third kappa shape index (κ3) is 2.94. The molecule has 7 nitrogen and oxygen atoms in total. The van der Waals surface area contributed by atoms with Gasteiger partial charge in [-0.25, -0.2) is 4.90 Å². The lowest BCUT2D eigenvalue weighted by Gasteiger charge is -2.20. The summed E-state index contributed by atoms with van der Waals surface area (Å²) in [7, 11) is -2.29. The Bertz CT molecular complexity index is 866. The molecule has 2 heterocycles. The number of likely N-dealkylation sites (N-methyl/N-ethyl adjacent to an activating group) is 1. The van der Waals surface area contributed by atoms with Gasteiger partial charge in [0.1, 0.15) is 12.0 Å². The Hall–Kier alpha value is -1.84. The van der Waals surface area contributed by atoms with Crippen LogP contribution in [0, 0.1) is 6.57 Å². The van der Waals surface area contributed by atoms with Crippen LogP contribution in [0.4, 0.5) is 0 Å². The van der Waals surface area contributed by atoms with E-state index in [2.05, 4.69) is 9.74 Å². The third-order valence-corrected chi connectivity index (χ3v) is 5.47. The number of nitrogens with zero attached hydrogens (tertiary/aromatic N) is 3. The predicted octanol–water partition coefficient (Wildman–Crippen LogP) is 2.41. The minimum absolute atomic E-state index is 0.0831. The van der Waals surface area contributed by atoms with E-state index in [4.69, 9.17) is 6.57 Å². The summed E-state index contributed by atoms with van der Waals surface area (Å²) in [6.07, 6.45) is 3.50. The largest absolute Gasteiger partial charge is 0.507 e. The van der Waals surface area contributed by atoms with Crippen LogP contribution in [0.3, 0.4) is 0 Å². The van der Waals surface area contributed by atoms with Gasteiger partial charge >= 0.3 is 13.3 Å². The quantitative estimate of drug-likeness (QED) is 0.737. The first-order chi connectivity index (χ1) is 11.3. The van der Waals surface area contributed by atoms with E-state index in [-0.39, 0.29) is 5.75 Å². The van der Waals surface area contributed by atoms with Crippen molar-refractivity contribution in [2.24, 2.45) is 0 Å². The van der Waals surface area contributed by atoms with Crippen molar-refractivity contribution in [2.75, 3.05) is 13.6 Å². The molecule has 0 spiro atoms. The van der Waals surface area contributed by atoms with Crippen LogP contribution >= 0.6 is 7.60 Å². The van der Waals surface area contributed by atoms with E-state index in [9.17, 15) is 19.5 Å². The zero-order valence-electron chi connectivity index (χ0n) is 13.5. The minimum Gasteiger partial charge on any atom is -0.507 e. The van der Waals surface area contributed by atoms with Gasteiger partial charge in [-0.2, -0.15) is 0 Å².